The van der Waals surface area contributed by atoms with Gasteiger partial charge in [-0.25, -0.2) is 0 Å². The molecule has 3 heteroatoms. The first-order chi connectivity index (χ1) is 32.2. The van der Waals surface area contributed by atoms with Crippen LogP contribution in [0.1, 0.15) is 22.6 Å². The Hall–Kier alpha value is -7.98. The van der Waals surface area contributed by atoms with E-state index in [1.807, 2.05) is 11.3 Å². The molecule has 1 atom stereocenters. The zero-order valence-electron chi connectivity index (χ0n) is 35.8. The van der Waals surface area contributed by atoms with E-state index in [9.17, 15) is 0 Å². The van der Waals surface area contributed by atoms with Gasteiger partial charge < -0.3 is 9.47 Å². The summed E-state index contributed by atoms with van der Waals surface area (Å²) in [5.41, 5.74) is 15.8. The van der Waals surface area contributed by atoms with E-state index in [1.54, 1.807) is 0 Å². The van der Waals surface area contributed by atoms with E-state index in [0.717, 1.165) is 29.2 Å². The van der Waals surface area contributed by atoms with Crippen molar-refractivity contribution in [3.63, 3.8) is 0 Å². The molecule has 0 aliphatic carbocycles. The predicted octanol–water partition coefficient (Wildman–Crippen LogP) is 17.3. The van der Waals surface area contributed by atoms with E-state index in [2.05, 4.69) is 258 Å². The van der Waals surface area contributed by atoms with Gasteiger partial charge >= 0.3 is 0 Å². The van der Waals surface area contributed by atoms with E-state index in [4.69, 9.17) is 0 Å². The first-order valence-corrected chi connectivity index (χ1v) is 23.2. The normalized spacial score (nSPS) is 12.0. The van der Waals surface area contributed by atoms with Crippen molar-refractivity contribution in [3.05, 3.63) is 265 Å². The summed E-state index contributed by atoms with van der Waals surface area (Å²) in [6.45, 7) is 0. The van der Waals surface area contributed by atoms with Gasteiger partial charge in [0.05, 0.1) is 11.0 Å². The molecule has 12 rings (SSSR count). The van der Waals surface area contributed by atoms with Gasteiger partial charge in [0.1, 0.15) is 0 Å². The highest BCUT2D eigenvalue weighted by Crippen LogP contribution is 2.41. The van der Waals surface area contributed by atoms with Crippen molar-refractivity contribution in [2.45, 2.75) is 12.3 Å². The number of nitrogens with zero attached hydrogens (tertiary/aromatic N) is 2. The molecule has 0 saturated carbocycles. The average molecular weight is 849 g/mol. The van der Waals surface area contributed by atoms with Crippen LogP contribution < -0.4 is 4.90 Å². The van der Waals surface area contributed by atoms with Crippen LogP contribution in [0.3, 0.4) is 0 Å². The highest BCUT2D eigenvalue weighted by Gasteiger charge is 2.20. The second-order valence-corrected chi connectivity index (χ2v) is 18.0. The fourth-order valence-corrected chi connectivity index (χ4v) is 10.9. The fraction of sp³-hybridized carbons (Fsp3) is 0.0323. The van der Waals surface area contributed by atoms with Gasteiger partial charge in [-0.15, -0.1) is 11.3 Å². The van der Waals surface area contributed by atoms with Crippen LogP contribution in [0.15, 0.2) is 249 Å². The van der Waals surface area contributed by atoms with Crippen molar-refractivity contribution in [1.82, 2.24) is 4.57 Å². The lowest BCUT2D eigenvalue weighted by Crippen LogP contribution is -2.09. The number of rotatable bonds is 10. The number of fused-ring (bicyclic) bond motifs is 6. The number of anilines is 3. The molecule has 65 heavy (non-hydrogen) atoms. The smallest absolute Gasteiger partial charge is 0.0542 e. The van der Waals surface area contributed by atoms with E-state index in [0.29, 0.717) is 0 Å². The van der Waals surface area contributed by atoms with Gasteiger partial charge in [-0.1, -0.05) is 170 Å². The number of para-hydroxylation sites is 3. The molecule has 0 aliphatic rings. The Balaban J connectivity index is 0.863. The Labute approximate surface area is 383 Å². The van der Waals surface area contributed by atoms with E-state index >= 15 is 0 Å². The zero-order chi connectivity index (χ0) is 43.1. The summed E-state index contributed by atoms with van der Waals surface area (Å²) in [5, 5.41) is 5.15. The summed E-state index contributed by atoms with van der Waals surface area (Å²) < 4.78 is 5.05. The molecule has 10 aromatic carbocycles. The highest BCUT2D eigenvalue weighted by atomic mass is 32.1. The van der Waals surface area contributed by atoms with E-state index < -0.39 is 0 Å². The van der Waals surface area contributed by atoms with Crippen LogP contribution in [-0.4, -0.2) is 4.57 Å². The molecule has 0 fully saturated rings. The topological polar surface area (TPSA) is 8.17 Å². The van der Waals surface area contributed by atoms with Crippen molar-refractivity contribution in [2.75, 3.05) is 4.90 Å². The molecule has 1 unspecified atom stereocenters. The zero-order valence-corrected chi connectivity index (χ0v) is 36.6. The Morgan fingerprint density at radius 2 is 0.877 bits per heavy atom. The van der Waals surface area contributed by atoms with Gasteiger partial charge in [-0.2, -0.15) is 0 Å². The standard InChI is InChI=1S/C62H44N2S/c1-4-14-44(15-5-1)46-28-30-48(31-29-46)56(49-34-39-62-58(41-49)55-21-11-13-23-61(55)65-62)40-43-24-26-45(27-25-43)47-32-35-52(36-33-47)63(50-16-6-2-7-17-50)53-37-38-60-57(42-53)54-20-10-12-22-59(54)64(60)51-18-8-3-9-19-51/h1-39,41-42,56H,40H2. The molecule has 2 aromatic heterocycles. The number of aromatic nitrogens is 1. The lowest BCUT2D eigenvalue weighted by atomic mass is 9.84. The van der Waals surface area contributed by atoms with E-state index in [1.165, 1.54) is 80.9 Å². The van der Waals surface area contributed by atoms with Gasteiger partial charge in [-0.3, -0.25) is 0 Å². The molecule has 0 spiro atoms. The minimum absolute atomic E-state index is 0.200. The van der Waals surface area contributed by atoms with Gasteiger partial charge in [0.25, 0.3) is 0 Å². The Bertz CT molecular complexity index is 3590. The molecule has 0 saturated heterocycles. The third-order valence-electron chi connectivity index (χ3n) is 13.0. The van der Waals surface area contributed by atoms with Gasteiger partial charge in [0.2, 0.25) is 0 Å². The summed E-state index contributed by atoms with van der Waals surface area (Å²) >= 11 is 1.88. The Kier molecular flexibility index (Phi) is 9.89. The van der Waals surface area contributed by atoms with Gasteiger partial charge in [0, 0.05) is 59.6 Å². The molecule has 0 N–H and O–H groups in total. The van der Waals surface area contributed by atoms with Crippen LogP contribution in [0.4, 0.5) is 17.1 Å². The first-order valence-electron chi connectivity index (χ1n) is 22.4. The maximum atomic E-state index is 2.44. The van der Waals surface area contributed by atoms with E-state index in [-0.39, 0.29) is 5.92 Å². The second kappa shape index (κ2) is 16.6. The summed E-state index contributed by atoms with van der Waals surface area (Å²) in [4.78, 5) is 2.36. The SMILES string of the molecule is c1ccc(-c2ccc(C(Cc3ccc(-c4ccc(N(c5ccccc5)c5ccc6c(c5)c5ccccc5n6-c5ccccc5)cc4)cc3)c3ccc4sc5ccccc5c4c3)cc2)cc1. The molecule has 308 valence electrons. The molecular formula is C62H44N2S. The largest absolute Gasteiger partial charge is 0.310 e. The van der Waals surface area contributed by atoms with Gasteiger partial charge in [-0.05, 0) is 124 Å². The number of hydrogen-bond donors (Lipinski definition) is 0. The molecule has 0 amide bonds. The molecule has 0 bridgehead atoms. The maximum absolute atomic E-state index is 2.44. The second-order valence-electron chi connectivity index (χ2n) is 16.9. The van der Waals surface area contributed by atoms with Crippen LogP contribution >= 0.6 is 11.3 Å². The third kappa shape index (κ3) is 7.26. The summed E-state index contributed by atoms with van der Waals surface area (Å²) in [6, 6.07) is 91.0. The minimum atomic E-state index is 0.200. The average Bonchev–Trinajstić information content (AvgIpc) is 3.92. The monoisotopic (exact) mass is 848 g/mol. The molecule has 2 heterocycles. The fourth-order valence-electron chi connectivity index (χ4n) is 9.78. The lowest BCUT2D eigenvalue weighted by Gasteiger charge is -2.26. The van der Waals surface area contributed by atoms with Crippen molar-refractivity contribution in [3.8, 4) is 27.9 Å². The molecule has 2 nitrogen and oxygen atoms in total. The number of benzene rings is 10. The lowest BCUT2D eigenvalue weighted by molar-refractivity contribution is 0.807. The number of thiophene rings is 1. The van der Waals surface area contributed by atoms with Crippen molar-refractivity contribution in [1.29, 1.82) is 0 Å². The molecular weight excluding hydrogens is 805 g/mol. The van der Waals surface area contributed by atoms with Crippen molar-refractivity contribution < 1.29 is 0 Å². The van der Waals surface area contributed by atoms with Crippen LogP contribution in [0, 0.1) is 0 Å². The van der Waals surface area contributed by atoms with Crippen LogP contribution in [0.2, 0.25) is 0 Å². The van der Waals surface area contributed by atoms with Crippen LogP contribution in [0.5, 0.6) is 0 Å². The van der Waals surface area contributed by atoms with Crippen LogP contribution in [-0.2, 0) is 6.42 Å². The Morgan fingerprint density at radius 1 is 0.354 bits per heavy atom. The third-order valence-corrected chi connectivity index (χ3v) is 14.2. The minimum Gasteiger partial charge on any atom is -0.310 e. The van der Waals surface area contributed by atoms with Crippen molar-refractivity contribution >= 4 is 70.4 Å². The first kappa shape index (κ1) is 38.7. The highest BCUT2D eigenvalue weighted by molar-refractivity contribution is 7.25. The summed E-state index contributed by atoms with van der Waals surface area (Å²) in [6.07, 6.45) is 0.901. The summed E-state index contributed by atoms with van der Waals surface area (Å²) in [5.74, 6) is 0.200. The number of hydrogen-bond acceptors (Lipinski definition) is 2. The van der Waals surface area contributed by atoms with Gasteiger partial charge in [0.15, 0.2) is 0 Å². The maximum Gasteiger partial charge on any atom is 0.0542 e. The predicted molar refractivity (Wildman–Crippen MR) is 278 cm³/mol. The molecule has 0 aliphatic heterocycles. The quantitative estimate of drug-likeness (QED) is 0.133. The Morgan fingerprint density at radius 3 is 1.62 bits per heavy atom. The summed E-state index contributed by atoms with van der Waals surface area (Å²) in [7, 11) is 0. The molecule has 0 radical (unpaired) electrons. The van der Waals surface area contributed by atoms with Crippen molar-refractivity contribution in [2.24, 2.45) is 0 Å². The molecule has 12 aromatic rings. The van der Waals surface area contributed by atoms with Crippen LogP contribution in [0.25, 0.3) is 69.9 Å².